The lowest BCUT2D eigenvalue weighted by molar-refractivity contribution is -0.209. The molecule has 0 aliphatic heterocycles. The first-order valence-electron chi connectivity index (χ1n) is 7.90. The van der Waals surface area contributed by atoms with Gasteiger partial charge >= 0.3 is 6.18 Å². The van der Waals surface area contributed by atoms with Gasteiger partial charge in [-0.2, -0.15) is 13.2 Å². The van der Waals surface area contributed by atoms with Crippen LogP contribution >= 0.6 is 0 Å². The number of fused-ring (bicyclic) bond motifs is 1. The highest BCUT2D eigenvalue weighted by Crippen LogP contribution is 2.22. The van der Waals surface area contributed by atoms with Gasteiger partial charge in [0.1, 0.15) is 0 Å². The lowest BCUT2D eigenvalue weighted by Gasteiger charge is -2.26. The van der Waals surface area contributed by atoms with E-state index in [2.05, 4.69) is 10.1 Å². The Bertz CT molecular complexity index is 921. The molecule has 0 radical (unpaired) electrons. The smallest absolute Gasteiger partial charge is 0.382 e. The number of aliphatic hydroxyl groups excluding tert-OH is 1. The van der Waals surface area contributed by atoms with Gasteiger partial charge in [0.2, 0.25) is 0 Å². The van der Waals surface area contributed by atoms with Gasteiger partial charge in [-0.1, -0.05) is 30.3 Å². The minimum atomic E-state index is -4.72. The van der Waals surface area contributed by atoms with E-state index in [4.69, 9.17) is 0 Å². The number of hydrogen-bond donors (Lipinski definition) is 2. The molecule has 3 rings (SSSR count). The van der Waals surface area contributed by atoms with Crippen LogP contribution < -0.4 is 5.56 Å². The van der Waals surface area contributed by atoms with E-state index in [1.807, 2.05) is 0 Å². The summed E-state index contributed by atoms with van der Waals surface area (Å²) < 4.78 is 39.5. The van der Waals surface area contributed by atoms with E-state index >= 15 is 0 Å². The van der Waals surface area contributed by atoms with Crippen molar-refractivity contribution < 1.29 is 18.3 Å². The maximum Gasteiger partial charge on any atom is 0.415 e. The number of rotatable bonds is 6. The molecule has 1 aromatic carbocycles. The Morgan fingerprint density at radius 3 is 2.62 bits per heavy atom. The van der Waals surface area contributed by atoms with E-state index in [-0.39, 0.29) is 18.6 Å². The predicted molar refractivity (Wildman–Crippen MR) is 88.4 cm³/mol. The molecule has 3 aromatic rings. The van der Waals surface area contributed by atoms with Gasteiger partial charge in [0, 0.05) is 38.0 Å². The molecular weight excluding hydrogens is 349 g/mol. The summed E-state index contributed by atoms with van der Waals surface area (Å²) in [6.07, 6.45) is -5.65. The summed E-state index contributed by atoms with van der Waals surface area (Å²) in [7, 11) is 0. The summed E-state index contributed by atoms with van der Waals surface area (Å²) in [5.74, 6) is 0. The summed E-state index contributed by atoms with van der Waals surface area (Å²) in [6, 6.07) is 11.8. The third-order valence-electron chi connectivity index (χ3n) is 3.88. The monoisotopic (exact) mass is 366 g/mol. The Kier molecular flexibility index (Phi) is 5.10. The van der Waals surface area contributed by atoms with E-state index < -0.39 is 18.8 Å². The lowest BCUT2D eigenvalue weighted by atomic mass is 10.2. The molecule has 138 valence electrons. The average Bonchev–Trinajstić information content (AvgIpc) is 3.04. The van der Waals surface area contributed by atoms with Crippen molar-refractivity contribution in [2.75, 3.05) is 6.54 Å². The van der Waals surface area contributed by atoms with Gasteiger partial charge in [-0.3, -0.25) is 14.8 Å². The van der Waals surface area contributed by atoms with Crippen molar-refractivity contribution in [3.63, 3.8) is 0 Å². The second-order valence-corrected chi connectivity index (χ2v) is 5.95. The van der Waals surface area contributed by atoms with Crippen molar-refractivity contribution in [2.45, 2.75) is 25.4 Å². The summed E-state index contributed by atoms with van der Waals surface area (Å²) in [5.41, 5.74) is 1.15. The van der Waals surface area contributed by atoms with Gasteiger partial charge in [0.15, 0.2) is 11.8 Å². The number of aromatic amines is 1. The van der Waals surface area contributed by atoms with Crippen LogP contribution in [0, 0.1) is 0 Å². The zero-order valence-electron chi connectivity index (χ0n) is 13.6. The van der Waals surface area contributed by atoms with Gasteiger partial charge in [0.05, 0.1) is 5.69 Å². The van der Waals surface area contributed by atoms with E-state index in [1.54, 1.807) is 42.6 Å². The number of halogens is 3. The molecule has 26 heavy (non-hydrogen) atoms. The van der Waals surface area contributed by atoms with Crippen LogP contribution in [0.15, 0.2) is 53.5 Å². The fraction of sp³-hybridized carbons (Fsp3) is 0.294. The number of aliphatic hydroxyl groups is 1. The van der Waals surface area contributed by atoms with Crippen molar-refractivity contribution in [3.8, 4) is 0 Å². The summed E-state index contributed by atoms with van der Waals surface area (Å²) in [4.78, 5) is 17.7. The average molecular weight is 366 g/mol. The van der Waals surface area contributed by atoms with Crippen LogP contribution in [-0.2, 0) is 13.1 Å². The highest BCUT2D eigenvalue weighted by atomic mass is 19.4. The molecular formula is C17H17F3N4O2. The first-order valence-corrected chi connectivity index (χ1v) is 7.90. The van der Waals surface area contributed by atoms with Crippen LogP contribution in [0.1, 0.15) is 11.3 Å². The molecule has 6 nitrogen and oxygen atoms in total. The van der Waals surface area contributed by atoms with Gasteiger partial charge < -0.3 is 5.11 Å². The number of benzene rings is 1. The number of aromatic nitrogens is 3. The Morgan fingerprint density at radius 1 is 1.19 bits per heavy atom. The Hall–Kier alpha value is -2.65. The lowest BCUT2D eigenvalue weighted by Crippen LogP contribution is -2.40. The fourth-order valence-electron chi connectivity index (χ4n) is 2.66. The van der Waals surface area contributed by atoms with Gasteiger partial charge in [-0.05, 0) is 5.56 Å². The van der Waals surface area contributed by atoms with E-state index in [1.165, 1.54) is 15.5 Å². The molecule has 9 heteroatoms. The number of nitrogens with zero attached hydrogens (tertiary/aromatic N) is 3. The predicted octanol–water partition coefficient (Wildman–Crippen LogP) is 1.95. The maximum atomic E-state index is 12.8. The number of nitrogens with one attached hydrogen (secondary N) is 1. The maximum absolute atomic E-state index is 12.8. The van der Waals surface area contributed by atoms with Crippen molar-refractivity contribution in [1.82, 2.24) is 19.5 Å². The third kappa shape index (κ3) is 4.30. The molecule has 2 aromatic heterocycles. The SMILES string of the molecule is O=c1cc(CN(Cc2ccccc2)CC(O)C(F)(F)F)nc2cc[nH]n12. The van der Waals surface area contributed by atoms with Crippen LogP contribution in [0.2, 0.25) is 0 Å². The summed E-state index contributed by atoms with van der Waals surface area (Å²) in [5, 5.41) is 12.1. The van der Waals surface area contributed by atoms with E-state index in [0.29, 0.717) is 11.3 Å². The van der Waals surface area contributed by atoms with Gasteiger partial charge in [-0.15, -0.1) is 0 Å². The standard InChI is InChI=1S/C17H17F3N4O2/c18-17(19,20)14(25)11-23(9-12-4-2-1-3-5-12)10-13-8-16(26)24-15(22-13)6-7-21-24/h1-8,14,21,25H,9-11H2. The fourth-order valence-corrected chi connectivity index (χ4v) is 2.66. The summed E-state index contributed by atoms with van der Waals surface area (Å²) in [6.45, 7) is -0.437. The molecule has 0 bridgehead atoms. The quantitative estimate of drug-likeness (QED) is 0.699. The first-order chi connectivity index (χ1) is 12.3. The Balaban J connectivity index is 1.84. The molecule has 0 spiro atoms. The highest BCUT2D eigenvalue weighted by Gasteiger charge is 2.39. The van der Waals surface area contributed by atoms with Crippen molar-refractivity contribution in [3.05, 3.63) is 70.3 Å². The normalized spacial score (nSPS) is 13.4. The van der Waals surface area contributed by atoms with Crippen LogP contribution in [0.4, 0.5) is 13.2 Å². The van der Waals surface area contributed by atoms with Crippen molar-refractivity contribution in [2.24, 2.45) is 0 Å². The number of H-pyrrole nitrogens is 1. The third-order valence-corrected chi connectivity index (χ3v) is 3.88. The molecule has 0 fully saturated rings. The second kappa shape index (κ2) is 7.30. The molecule has 0 saturated heterocycles. The van der Waals surface area contributed by atoms with Crippen LogP contribution in [0.5, 0.6) is 0 Å². The molecule has 2 heterocycles. The van der Waals surface area contributed by atoms with Crippen LogP contribution in [0.25, 0.3) is 5.65 Å². The second-order valence-electron chi connectivity index (χ2n) is 5.95. The van der Waals surface area contributed by atoms with Crippen molar-refractivity contribution in [1.29, 1.82) is 0 Å². The van der Waals surface area contributed by atoms with Gasteiger partial charge in [-0.25, -0.2) is 9.50 Å². The topological polar surface area (TPSA) is 73.6 Å². The number of hydrogen-bond acceptors (Lipinski definition) is 4. The number of alkyl halides is 3. The van der Waals surface area contributed by atoms with Crippen molar-refractivity contribution >= 4 is 5.65 Å². The molecule has 1 atom stereocenters. The van der Waals surface area contributed by atoms with Crippen LogP contribution in [-0.4, -0.2) is 43.4 Å². The molecule has 0 aliphatic rings. The van der Waals surface area contributed by atoms with Gasteiger partial charge in [0.25, 0.3) is 5.56 Å². The minimum absolute atomic E-state index is 0.00104. The van der Waals surface area contributed by atoms with E-state index in [9.17, 15) is 23.1 Å². The zero-order chi connectivity index (χ0) is 18.7. The largest absolute Gasteiger partial charge is 0.415 e. The summed E-state index contributed by atoms with van der Waals surface area (Å²) >= 11 is 0. The highest BCUT2D eigenvalue weighted by molar-refractivity contribution is 5.36. The Labute approximate surface area is 146 Å². The molecule has 0 aliphatic carbocycles. The molecule has 2 N–H and O–H groups in total. The molecule has 1 unspecified atom stereocenters. The van der Waals surface area contributed by atoms with E-state index in [0.717, 1.165) is 5.56 Å². The first kappa shape index (κ1) is 18.2. The van der Waals surface area contributed by atoms with Crippen LogP contribution in [0.3, 0.4) is 0 Å². The zero-order valence-corrected chi connectivity index (χ0v) is 13.6. The Morgan fingerprint density at radius 2 is 1.92 bits per heavy atom. The molecule has 0 amide bonds. The molecule has 0 saturated carbocycles. The minimum Gasteiger partial charge on any atom is -0.382 e.